The van der Waals surface area contributed by atoms with Crippen LogP contribution in [0.15, 0.2) is 24.3 Å². The van der Waals surface area contributed by atoms with Gasteiger partial charge in [-0.2, -0.15) is 0 Å². The van der Waals surface area contributed by atoms with Crippen molar-refractivity contribution in [3.05, 3.63) is 29.8 Å². The van der Waals surface area contributed by atoms with Gasteiger partial charge in [-0.15, -0.1) is 0 Å². The summed E-state index contributed by atoms with van der Waals surface area (Å²) in [5.41, 5.74) is 6.63. The van der Waals surface area contributed by atoms with Gasteiger partial charge in [-0.25, -0.2) is 0 Å². The molecule has 80 valence electrons. The first-order valence-electron chi connectivity index (χ1n) is 4.86. The zero-order valence-corrected chi connectivity index (χ0v) is 8.53. The SMILES string of the molecule is CC1(c2ccc(N)cc2)CC(=O)NC1O. The van der Waals surface area contributed by atoms with E-state index < -0.39 is 11.6 Å². The highest BCUT2D eigenvalue weighted by Crippen LogP contribution is 2.34. The van der Waals surface area contributed by atoms with Gasteiger partial charge in [-0.1, -0.05) is 19.1 Å². The van der Waals surface area contributed by atoms with Gasteiger partial charge < -0.3 is 16.2 Å². The maximum Gasteiger partial charge on any atom is 0.223 e. The Kier molecular flexibility index (Phi) is 2.16. The fourth-order valence-corrected chi connectivity index (χ4v) is 1.92. The van der Waals surface area contributed by atoms with E-state index in [9.17, 15) is 9.90 Å². The van der Waals surface area contributed by atoms with Gasteiger partial charge in [0.05, 0.1) is 0 Å². The van der Waals surface area contributed by atoms with Gasteiger partial charge in [0.15, 0.2) is 0 Å². The smallest absolute Gasteiger partial charge is 0.223 e. The van der Waals surface area contributed by atoms with Crippen molar-refractivity contribution in [2.24, 2.45) is 0 Å². The number of amides is 1. The summed E-state index contributed by atoms with van der Waals surface area (Å²) in [6.45, 7) is 1.86. The molecule has 2 rings (SSSR count). The molecule has 4 heteroatoms. The molecule has 15 heavy (non-hydrogen) atoms. The monoisotopic (exact) mass is 206 g/mol. The number of hydrogen-bond donors (Lipinski definition) is 3. The Morgan fingerprint density at radius 2 is 2.07 bits per heavy atom. The number of anilines is 1. The van der Waals surface area contributed by atoms with Crippen molar-refractivity contribution in [3.63, 3.8) is 0 Å². The first kappa shape index (κ1) is 9.98. The fourth-order valence-electron chi connectivity index (χ4n) is 1.92. The summed E-state index contributed by atoms with van der Waals surface area (Å²) in [7, 11) is 0. The standard InChI is InChI=1S/C11H14N2O2/c1-11(6-9(14)13-10(11)15)7-2-4-8(12)5-3-7/h2-5,10,15H,6,12H2,1H3,(H,13,14). The fraction of sp³-hybridized carbons (Fsp3) is 0.364. The molecule has 2 unspecified atom stereocenters. The lowest BCUT2D eigenvalue weighted by Gasteiger charge is -2.26. The van der Waals surface area contributed by atoms with Crippen molar-refractivity contribution >= 4 is 11.6 Å². The molecule has 1 aromatic carbocycles. The van der Waals surface area contributed by atoms with Crippen LogP contribution >= 0.6 is 0 Å². The molecule has 1 amide bonds. The maximum absolute atomic E-state index is 11.2. The zero-order valence-electron chi connectivity index (χ0n) is 8.53. The minimum absolute atomic E-state index is 0.123. The molecular formula is C11H14N2O2. The van der Waals surface area contributed by atoms with E-state index in [2.05, 4.69) is 5.32 Å². The van der Waals surface area contributed by atoms with E-state index in [1.165, 1.54) is 0 Å². The summed E-state index contributed by atoms with van der Waals surface area (Å²) >= 11 is 0. The third-order valence-electron chi connectivity index (χ3n) is 3.00. The minimum atomic E-state index is -0.825. The van der Waals surface area contributed by atoms with Crippen LogP contribution in [-0.2, 0) is 10.2 Å². The number of rotatable bonds is 1. The van der Waals surface area contributed by atoms with E-state index in [0.29, 0.717) is 12.1 Å². The summed E-state index contributed by atoms with van der Waals surface area (Å²) in [6, 6.07) is 7.24. The summed E-state index contributed by atoms with van der Waals surface area (Å²) in [6.07, 6.45) is -0.522. The lowest BCUT2D eigenvalue weighted by Crippen LogP contribution is -2.37. The average Bonchev–Trinajstić information content (AvgIpc) is 2.42. The van der Waals surface area contributed by atoms with Crippen molar-refractivity contribution in [1.82, 2.24) is 5.32 Å². The average molecular weight is 206 g/mol. The molecule has 0 bridgehead atoms. The number of carbonyl (C=O) groups excluding carboxylic acids is 1. The third-order valence-corrected chi connectivity index (χ3v) is 3.00. The highest BCUT2D eigenvalue weighted by atomic mass is 16.3. The van der Waals surface area contributed by atoms with Crippen LogP contribution in [0, 0.1) is 0 Å². The highest BCUT2D eigenvalue weighted by molar-refractivity contribution is 5.81. The van der Waals surface area contributed by atoms with E-state index in [1.807, 2.05) is 19.1 Å². The topological polar surface area (TPSA) is 75.4 Å². The van der Waals surface area contributed by atoms with Gasteiger partial charge in [0, 0.05) is 17.5 Å². The van der Waals surface area contributed by atoms with Gasteiger partial charge in [0.25, 0.3) is 0 Å². The van der Waals surface area contributed by atoms with Crippen molar-refractivity contribution in [3.8, 4) is 0 Å². The Morgan fingerprint density at radius 3 is 2.53 bits per heavy atom. The Hall–Kier alpha value is -1.55. The predicted octanol–water partition coefficient (Wildman–Crippen LogP) is 0.365. The molecular weight excluding hydrogens is 192 g/mol. The molecule has 0 spiro atoms. The molecule has 0 aromatic heterocycles. The van der Waals surface area contributed by atoms with Crippen LogP contribution in [0.3, 0.4) is 0 Å². The van der Waals surface area contributed by atoms with Gasteiger partial charge in [-0.05, 0) is 17.7 Å². The second-order valence-corrected chi connectivity index (χ2v) is 4.19. The molecule has 4 N–H and O–H groups in total. The molecule has 1 fully saturated rings. The Balaban J connectivity index is 2.37. The molecule has 1 aliphatic rings. The lowest BCUT2D eigenvalue weighted by molar-refractivity contribution is -0.120. The van der Waals surface area contributed by atoms with Gasteiger partial charge in [-0.3, -0.25) is 4.79 Å². The zero-order chi connectivity index (χ0) is 11.1. The van der Waals surface area contributed by atoms with Crippen LogP contribution in [0.1, 0.15) is 18.9 Å². The van der Waals surface area contributed by atoms with Crippen LogP contribution in [0.2, 0.25) is 0 Å². The first-order valence-corrected chi connectivity index (χ1v) is 4.86. The first-order chi connectivity index (χ1) is 7.02. The molecule has 1 aliphatic heterocycles. The van der Waals surface area contributed by atoms with Crippen LogP contribution in [-0.4, -0.2) is 17.2 Å². The van der Waals surface area contributed by atoms with E-state index in [4.69, 9.17) is 5.73 Å². The van der Waals surface area contributed by atoms with Crippen LogP contribution < -0.4 is 11.1 Å². The highest BCUT2D eigenvalue weighted by Gasteiger charge is 2.43. The van der Waals surface area contributed by atoms with Gasteiger partial charge in [0.2, 0.25) is 5.91 Å². The van der Waals surface area contributed by atoms with Crippen molar-refractivity contribution in [2.75, 3.05) is 5.73 Å². The molecule has 0 aliphatic carbocycles. The number of nitrogens with one attached hydrogen (secondary N) is 1. The Morgan fingerprint density at radius 1 is 1.47 bits per heavy atom. The second-order valence-electron chi connectivity index (χ2n) is 4.19. The Labute approximate surface area is 88.1 Å². The van der Waals surface area contributed by atoms with Crippen LogP contribution in [0.4, 0.5) is 5.69 Å². The largest absolute Gasteiger partial charge is 0.399 e. The molecule has 4 nitrogen and oxygen atoms in total. The van der Waals surface area contributed by atoms with Gasteiger partial charge in [0.1, 0.15) is 6.23 Å². The van der Waals surface area contributed by atoms with Crippen molar-refractivity contribution in [1.29, 1.82) is 0 Å². The summed E-state index contributed by atoms with van der Waals surface area (Å²) in [4.78, 5) is 11.2. The van der Waals surface area contributed by atoms with Gasteiger partial charge >= 0.3 is 0 Å². The summed E-state index contributed by atoms with van der Waals surface area (Å²) < 4.78 is 0. The third kappa shape index (κ3) is 1.57. The van der Waals surface area contributed by atoms with E-state index in [0.717, 1.165) is 5.56 Å². The van der Waals surface area contributed by atoms with Crippen LogP contribution in [0.25, 0.3) is 0 Å². The number of aliphatic hydroxyl groups is 1. The minimum Gasteiger partial charge on any atom is -0.399 e. The quantitative estimate of drug-likeness (QED) is 0.581. The number of carbonyl (C=O) groups is 1. The number of hydrogen-bond acceptors (Lipinski definition) is 3. The number of nitrogen functional groups attached to an aromatic ring is 1. The van der Waals surface area contributed by atoms with E-state index >= 15 is 0 Å². The van der Waals surface area contributed by atoms with Crippen molar-refractivity contribution in [2.45, 2.75) is 25.0 Å². The Bertz CT molecular complexity index is 388. The molecule has 2 atom stereocenters. The molecule has 1 heterocycles. The summed E-state index contributed by atoms with van der Waals surface area (Å²) in [5, 5.41) is 12.3. The number of aliphatic hydroxyl groups excluding tert-OH is 1. The molecule has 0 saturated carbocycles. The van der Waals surface area contributed by atoms with E-state index in [1.54, 1.807) is 12.1 Å². The molecule has 0 radical (unpaired) electrons. The molecule has 1 aromatic rings. The molecule has 1 saturated heterocycles. The van der Waals surface area contributed by atoms with E-state index in [-0.39, 0.29) is 5.91 Å². The maximum atomic E-state index is 11.2. The van der Waals surface area contributed by atoms with Crippen molar-refractivity contribution < 1.29 is 9.90 Å². The number of benzene rings is 1. The lowest BCUT2D eigenvalue weighted by atomic mass is 9.80. The van der Waals surface area contributed by atoms with Crippen LogP contribution in [0.5, 0.6) is 0 Å². The second kappa shape index (κ2) is 3.24. The number of nitrogens with two attached hydrogens (primary N) is 1. The normalized spacial score (nSPS) is 30.3. The summed E-state index contributed by atoms with van der Waals surface area (Å²) in [5.74, 6) is -0.123. The predicted molar refractivity (Wildman–Crippen MR) is 57.0 cm³/mol.